The fourth-order valence-corrected chi connectivity index (χ4v) is 2.25. The van der Waals surface area contributed by atoms with Crippen LogP contribution in [0.1, 0.15) is 26.2 Å². The third-order valence-electron chi connectivity index (χ3n) is 3.79. The molecular formula is C12H20N2O4. The molecule has 1 aliphatic carbocycles. The zero-order valence-corrected chi connectivity index (χ0v) is 10.6. The van der Waals surface area contributed by atoms with E-state index in [-0.39, 0.29) is 5.92 Å². The summed E-state index contributed by atoms with van der Waals surface area (Å²) >= 11 is 0. The van der Waals surface area contributed by atoms with Crippen LogP contribution < -0.4 is 10.6 Å². The highest BCUT2D eigenvalue weighted by Gasteiger charge is 2.48. The fraction of sp³-hybridized carbons (Fsp3) is 0.833. The summed E-state index contributed by atoms with van der Waals surface area (Å²) in [5.41, 5.74) is -1.14. The number of urea groups is 1. The second-order valence-electron chi connectivity index (χ2n) is 5.35. The molecule has 2 fully saturated rings. The van der Waals surface area contributed by atoms with Crippen molar-refractivity contribution in [2.24, 2.45) is 11.8 Å². The summed E-state index contributed by atoms with van der Waals surface area (Å²) in [5.74, 6) is -0.576. The maximum absolute atomic E-state index is 11.7. The number of carbonyl (C=O) groups is 2. The van der Waals surface area contributed by atoms with Crippen LogP contribution in [-0.4, -0.2) is 42.4 Å². The van der Waals surface area contributed by atoms with Gasteiger partial charge in [-0.3, -0.25) is 0 Å². The largest absolute Gasteiger partial charge is 0.480 e. The van der Waals surface area contributed by atoms with E-state index in [0.717, 1.165) is 25.9 Å². The number of rotatable bonds is 5. The topological polar surface area (TPSA) is 87.7 Å². The van der Waals surface area contributed by atoms with Crippen LogP contribution >= 0.6 is 0 Å². The van der Waals surface area contributed by atoms with E-state index in [1.165, 1.54) is 0 Å². The highest BCUT2D eigenvalue weighted by atomic mass is 16.5. The molecule has 1 saturated carbocycles. The number of amides is 2. The third kappa shape index (κ3) is 2.93. The Morgan fingerprint density at radius 2 is 2.11 bits per heavy atom. The summed E-state index contributed by atoms with van der Waals surface area (Å²) in [7, 11) is 0. The molecule has 0 spiro atoms. The van der Waals surface area contributed by atoms with Crippen molar-refractivity contribution < 1.29 is 19.4 Å². The van der Waals surface area contributed by atoms with Crippen molar-refractivity contribution in [3.05, 3.63) is 0 Å². The molecule has 2 rings (SSSR count). The minimum Gasteiger partial charge on any atom is -0.480 e. The van der Waals surface area contributed by atoms with E-state index in [9.17, 15) is 14.7 Å². The van der Waals surface area contributed by atoms with E-state index >= 15 is 0 Å². The van der Waals surface area contributed by atoms with Gasteiger partial charge in [-0.2, -0.15) is 0 Å². The molecule has 1 heterocycles. The van der Waals surface area contributed by atoms with Crippen LogP contribution in [0.3, 0.4) is 0 Å². The predicted octanol–water partition coefficient (Wildman–Crippen LogP) is 0.575. The monoisotopic (exact) mass is 256 g/mol. The lowest BCUT2D eigenvalue weighted by molar-refractivity contribution is -0.144. The lowest BCUT2D eigenvalue weighted by Gasteiger charge is -2.26. The fourth-order valence-electron chi connectivity index (χ4n) is 2.25. The average molecular weight is 256 g/mol. The van der Waals surface area contributed by atoms with Gasteiger partial charge in [-0.25, -0.2) is 9.59 Å². The van der Waals surface area contributed by atoms with Crippen LogP contribution in [0.25, 0.3) is 0 Å². The van der Waals surface area contributed by atoms with Crippen LogP contribution in [0.4, 0.5) is 4.79 Å². The summed E-state index contributed by atoms with van der Waals surface area (Å²) in [6, 6.07) is -0.404. The zero-order valence-electron chi connectivity index (χ0n) is 10.6. The lowest BCUT2D eigenvalue weighted by Crippen LogP contribution is -2.57. The number of aliphatic carboxylic acids is 1. The lowest BCUT2D eigenvalue weighted by atomic mass is 9.96. The number of carboxylic acids is 1. The molecule has 0 bridgehead atoms. The van der Waals surface area contributed by atoms with E-state index in [0.29, 0.717) is 19.1 Å². The third-order valence-corrected chi connectivity index (χ3v) is 3.79. The Kier molecular flexibility index (Phi) is 3.75. The van der Waals surface area contributed by atoms with E-state index in [2.05, 4.69) is 10.6 Å². The molecule has 2 amide bonds. The Morgan fingerprint density at radius 3 is 2.61 bits per heavy atom. The highest BCUT2D eigenvalue weighted by molar-refractivity contribution is 5.86. The number of nitrogens with one attached hydrogen (secondary N) is 2. The maximum Gasteiger partial charge on any atom is 0.329 e. The summed E-state index contributed by atoms with van der Waals surface area (Å²) in [6.07, 6.45) is 2.66. The molecule has 2 atom stereocenters. The minimum absolute atomic E-state index is 0.0514. The van der Waals surface area contributed by atoms with Gasteiger partial charge < -0.3 is 20.5 Å². The normalized spacial score (nSPS) is 26.4. The molecule has 102 valence electrons. The van der Waals surface area contributed by atoms with Gasteiger partial charge in [-0.05, 0) is 32.1 Å². The van der Waals surface area contributed by atoms with Crippen LogP contribution in [0.2, 0.25) is 0 Å². The van der Waals surface area contributed by atoms with Gasteiger partial charge >= 0.3 is 12.0 Å². The van der Waals surface area contributed by atoms with Gasteiger partial charge in [-0.1, -0.05) is 0 Å². The summed E-state index contributed by atoms with van der Waals surface area (Å²) < 4.78 is 5.21. The Bertz CT molecular complexity index is 337. The molecule has 6 nitrogen and oxygen atoms in total. The smallest absolute Gasteiger partial charge is 0.329 e. The molecule has 1 aliphatic heterocycles. The van der Waals surface area contributed by atoms with E-state index in [1.807, 2.05) is 0 Å². The molecule has 0 aromatic carbocycles. The molecule has 0 aromatic heterocycles. The first-order valence-electron chi connectivity index (χ1n) is 6.39. The van der Waals surface area contributed by atoms with Crippen molar-refractivity contribution in [1.82, 2.24) is 10.6 Å². The van der Waals surface area contributed by atoms with Crippen molar-refractivity contribution in [1.29, 1.82) is 0 Å². The van der Waals surface area contributed by atoms with Gasteiger partial charge in [0.15, 0.2) is 0 Å². The molecule has 3 N–H and O–H groups in total. The van der Waals surface area contributed by atoms with Crippen LogP contribution in [-0.2, 0) is 9.53 Å². The van der Waals surface area contributed by atoms with Crippen molar-refractivity contribution in [3.8, 4) is 0 Å². The number of ether oxygens (including phenoxy) is 1. The molecule has 0 radical (unpaired) electrons. The molecule has 1 saturated heterocycles. The van der Waals surface area contributed by atoms with Crippen molar-refractivity contribution in [2.45, 2.75) is 31.7 Å². The first kappa shape index (κ1) is 13.1. The second kappa shape index (κ2) is 5.14. The maximum atomic E-state index is 11.7. The first-order chi connectivity index (χ1) is 8.52. The van der Waals surface area contributed by atoms with Crippen molar-refractivity contribution in [2.75, 3.05) is 19.8 Å². The average Bonchev–Trinajstić information content (AvgIpc) is 3.04. The van der Waals surface area contributed by atoms with Crippen LogP contribution in [0, 0.1) is 11.8 Å². The standard InChI is InChI=1S/C12H20N2O4/c1-12(10(15)16,9-2-3-9)14-11(17)13-6-8-4-5-18-7-8/h8-9H,2-7H2,1H3,(H,15,16)(H2,13,14,17). The Hall–Kier alpha value is -1.30. The van der Waals surface area contributed by atoms with Crippen molar-refractivity contribution >= 4 is 12.0 Å². The Balaban J connectivity index is 1.79. The van der Waals surface area contributed by atoms with Gasteiger partial charge in [0.25, 0.3) is 0 Å². The van der Waals surface area contributed by atoms with Gasteiger partial charge in [0.2, 0.25) is 0 Å². The van der Waals surface area contributed by atoms with E-state index in [4.69, 9.17) is 4.74 Å². The summed E-state index contributed by atoms with van der Waals surface area (Å²) in [4.78, 5) is 23.0. The second-order valence-corrected chi connectivity index (χ2v) is 5.35. The number of carboxylic acid groups (broad SMARTS) is 1. The quantitative estimate of drug-likeness (QED) is 0.671. The number of hydrogen-bond donors (Lipinski definition) is 3. The van der Waals surface area contributed by atoms with Gasteiger partial charge in [0.1, 0.15) is 5.54 Å². The molecular weight excluding hydrogens is 236 g/mol. The van der Waals surface area contributed by atoms with Crippen LogP contribution in [0.5, 0.6) is 0 Å². The predicted molar refractivity (Wildman–Crippen MR) is 64.2 cm³/mol. The molecule has 2 aliphatic rings. The van der Waals surface area contributed by atoms with Crippen LogP contribution in [0.15, 0.2) is 0 Å². The highest BCUT2D eigenvalue weighted by Crippen LogP contribution is 2.39. The van der Waals surface area contributed by atoms with E-state index in [1.54, 1.807) is 6.92 Å². The summed E-state index contributed by atoms with van der Waals surface area (Å²) in [5, 5.41) is 14.5. The molecule has 18 heavy (non-hydrogen) atoms. The van der Waals surface area contributed by atoms with Gasteiger partial charge in [-0.15, -0.1) is 0 Å². The summed E-state index contributed by atoms with van der Waals surface area (Å²) in [6.45, 7) is 3.51. The first-order valence-corrected chi connectivity index (χ1v) is 6.39. The van der Waals surface area contributed by atoms with Gasteiger partial charge in [0.05, 0.1) is 6.61 Å². The number of hydrogen-bond acceptors (Lipinski definition) is 3. The molecule has 2 unspecified atom stereocenters. The zero-order chi connectivity index (χ0) is 13.2. The SMILES string of the molecule is CC(NC(=O)NCC1CCOC1)(C(=O)O)C1CC1. The molecule has 6 heteroatoms. The molecule has 0 aromatic rings. The number of carbonyl (C=O) groups excluding carboxylic acids is 1. The van der Waals surface area contributed by atoms with Crippen molar-refractivity contribution in [3.63, 3.8) is 0 Å². The Labute approximate surface area is 106 Å². The van der Waals surface area contributed by atoms with Gasteiger partial charge in [0, 0.05) is 19.1 Å². The Morgan fingerprint density at radius 1 is 1.39 bits per heavy atom. The van der Waals surface area contributed by atoms with E-state index < -0.39 is 17.5 Å². The minimum atomic E-state index is -1.14.